The highest BCUT2D eigenvalue weighted by Gasteiger charge is 2.08. The van der Waals surface area contributed by atoms with Crippen LogP contribution in [-0.2, 0) is 14.3 Å². The van der Waals surface area contributed by atoms with E-state index in [0.29, 0.717) is 11.4 Å². The topological polar surface area (TPSA) is 96.5 Å². The number of hydrogen-bond acceptors (Lipinski definition) is 4. The molecule has 7 heteroatoms. The van der Waals surface area contributed by atoms with Gasteiger partial charge in [-0.05, 0) is 12.1 Å². The third kappa shape index (κ3) is 5.07. The summed E-state index contributed by atoms with van der Waals surface area (Å²) in [5, 5.41) is 9.71. The van der Waals surface area contributed by atoms with Crippen molar-refractivity contribution in [2.75, 3.05) is 23.8 Å². The molecule has 0 unspecified atom stereocenters. The van der Waals surface area contributed by atoms with E-state index in [1.54, 1.807) is 24.3 Å². The minimum absolute atomic E-state index is 0.0560. The van der Waals surface area contributed by atoms with Gasteiger partial charge in [-0.2, -0.15) is 0 Å². The highest BCUT2D eigenvalue weighted by molar-refractivity contribution is 6.08. The van der Waals surface area contributed by atoms with Crippen LogP contribution in [0.2, 0.25) is 0 Å². The fourth-order valence-electron chi connectivity index (χ4n) is 2.26. The third-order valence-corrected chi connectivity index (χ3v) is 3.28. The van der Waals surface area contributed by atoms with Gasteiger partial charge in [0.1, 0.15) is 6.61 Å². The van der Waals surface area contributed by atoms with Crippen molar-refractivity contribution >= 4 is 40.1 Å². The van der Waals surface area contributed by atoms with E-state index in [2.05, 4.69) is 22.5 Å². The molecule has 0 aliphatic heterocycles. The van der Waals surface area contributed by atoms with Crippen LogP contribution in [0.1, 0.15) is 6.92 Å². The first-order chi connectivity index (χ1) is 12.0. The van der Waals surface area contributed by atoms with Gasteiger partial charge in [0, 0.05) is 29.5 Å². The van der Waals surface area contributed by atoms with Crippen LogP contribution in [0.4, 0.5) is 16.2 Å². The van der Waals surface area contributed by atoms with Gasteiger partial charge in [-0.3, -0.25) is 4.79 Å². The fraction of sp³-hybridized carbons (Fsp3) is 0.167. The van der Waals surface area contributed by atoms with Crippen molar-refractivity contribution in [1.82, 2.24) is 5.32 Å². The second-order valence-electron chi connectivity index (χ2n) is 5.14. The van der Waals surface area contributed by atoms with Crippen molar-refractivity contribution in [2.45, 2.75) is 6.92 Å². The Bertz CT molecular complexity index is 817. The molecule has 0 aliphatic carbocycles. The Morgan fingerprint density at radius 2 is 1.64 bits per heavy atom. The molecule has 0 aliphatic rings. The number of benzene rings is 2. The number of esters is 1. The summed E-state index contributed by atoms with van der Waals surface area (Å²) in [5.74, 6) is -0.709. The maximum atomic E-state index is 12.0. The Labute approximate surface area is 145 Å². The van der Waals surface area contributed by atoms with Gasteiger partial charge in [-0.15, -0.1) is 0 Å². The number of hydrogen-bond donors (Lipinski definition) is 3. The maximum Gasteiger partial charge on any atom is 0.330 e. The van der Waals surface area contributed by atoms with Gasteiger partial charge in [0.05, 0.1) is 12.2 Å². The third-order valence-electron chi connectivity index (χ3n) is 3.28. The van der Waals surface area contributed by atoms with Crippen LogP contribution in [0.25, 0.3) is 10.8 Å². The van der Waals surface area contributed by atoms with Gasteiger partial charge in [0.25, 0.3) is 0 Å². The molecule has 0 heterocycles. The molecule has 3 amide bonds. The number of anilines is 2. The number of carbonyl (C=O) groups excluding carboxylic acids is 3. The first-order valence-electron chi connectivity index (χ1n) is 7.64. The smallest absolute Gasteiger partial charge is 0.330 e. The Kier molecular flexibility index (Phi) is 6.11. The van der Waals surface area contributed by atoms with Crippen LogP contribution in [0, 0.1) is 0 Å². The molecule has 0 radical (unpaired) electrons. The Morgan fingerprint density at radius 1 is 1.04 bits per heavy atom. The van der Waals surface area contributed by atoms with Crippen LogP contribution in [0.3, 0.4) is 0 Å². The predicted molar refractivity (Wildman–Crippen MR) is 96.4 cm³/mol. The van der Waals surface area contributed by atoms with E-state index < -0.39 is 12.0 Å². The maximum absolute atomic E-state index is 12.0. The van der Waals surface area contributed by atoms with Crippen molar-refractivity contribution in [3.05, 3.63) is 49.1 Å². The first-order valence-corrected chi connectivity index (χ1v) is 7.64. The molecular formula is C18H19N3O4. The summed E-state index contributed by atoms with van der Waals surface area (Å²) in [7, 11) is 0. The van der Waals surface area contributed by atoms with Crippen LogP contribution in [0.15, 0.2) is 49.1 Å². The van der Waals surface area contributed by atoms with Crippen molar-refractivity contribution in [3.8, 4) is 0 Å². The number of amides is 3. The van der Waals surface area contributed by atoms with Gasteiger partial charge in [0.15, 0.2) is 0 Å². The summed E-state index contributed by atoms with van der Waals surface area (Å²) in [6.07, 6.45) is 1.06. The molecule has 130 valence electrons. The van der Waals surface area contributed by atoms with E-state index in [1.165, 1.54) is 6.92 Å². The molecule has 3 N–H and O–H groups in total. The van der Waals surface area contributed by atoms with Crippen LogP contribution in [-0.4, -0.2) is 31.1 Å². The van der Waals surface area contributed by atoms with Crippen molar-refractivity contribution in [1.29, 1.82) is 0 Å². The number of carbonyl (C=O) groups is 3. The lowest BCUT2D eigenvalue weighted by Gasteiger charge is -2.12. The molecule has 0 spiro atoms. The highest BCUT2D eigenvalue weighted by atomic mass is 16.5. The number of urea groups is 1. The molecular weight excluding hydrogens is 322 g/mol. The van der Waals surface area contributed by atoms with E-state index in [1.807, 2.05) is 12.1 Å². The molecule has 0 saturated carbocycles. The zero-order chi connectivity index (χ0) is 18.2. The number of fused-ring (bicyclic) bond motifs is 1. The predicted octanol–water partition coefficient (Wildman–Crippen LogP) is 2.65. The van der Waals surface area contributed by atoms with Gasteiger partial charge in [-0.25, -0.2) is 9.59 Å². The fourth-order valence-corrected chi connectivity index (χ4v) is 2.26. The SMILES string of the molecule is C=CC(=O)OCCNC(=O)Nc1cccc2c(NC(C)=O)cccc12. The minimum Gasteiger partial charge on any atom is -0.461 e. The summed E-state index contributed by atoms with van der Waals surface area (Å²) < 4.78 is 4.78. The van der Waals surface area contributed by atoms with E-state index >= 15 is 0 Å². The lowest BCUT2D eigenvalue weighted by atomic mass is 10.1. The molecule has 0 bridgehead atoms. The highest BCUT2D eigenvalue weighted by Crippen LogP contribution is 2.29. The molecule has 0 atom stereocenters. The van der Waals surface area contributed by atoms with Gasteiger partial charge >= 0.3 is 12.0 Å². The molecule has 0 aromatic heterocycles. The van der Waals surface area contributed by atoms with Crippen LogP contribution >= 0.6 is 0 Å². The monoisotopic (exact) mass is 341 g/mol. The first kappa shape index (κ1) is 18.0. The summed E-state index contributed by atoms with van der Waals surface area (Å²) >= 11 is 0. The van der Waals surface area contributed by atoms with Gasteiger partial charge < -0.3 is 20.7 Å². The van der Waals surface area contributed by atoms with E-state index in [9.17, 15) is 14.4 Å². The summed E-state index contributed by atoms with van der Waals surface area (Å²) in [6, 6.07) is 10.4. The quantitative estimate of drug-likeness (QED) is 0.427. The molecule has 2 aromatic rings. The summed E-state index contributed by atoms with van der Waals surface area (Å²) in [5.41, 5.74) is 1.27. The Morgan fingerprint density at radius 3 is 2.20 bits per heavy atom. The summed E-state index contributed by atoms with van der Waals surface area (Å²) in [4.78, 5) is 34.2. The number of ether oxygens (including phenoxy) is 1. The lowest BCUT2D eigenvalue weighted by molar-refractivity contribution is -0.137. The number of nitrogens with one attached hydrogen (secondary N) is 3. The van der Waals surface area contributed by atoms with E-state index in [0.717, 1.165) is 16.8 Å². The van der Waals surface area contributed by atoms with Crippen LogP contribution < -0.4 is 16.0 Å². The zero-order valence-corrected chi connectivity index (χ0v) is 13.8. The molecule has 25 heavy (non-hydrogen) atoms. The number of rotatable bonds is 6. The van der Waals surface area contributed by atoms with Gasteiger partial charge in [-0.1, -0.05) is 30.8 Å². The van der Waals surface area contributed by atoms with E-state index in [-0.39, 0.29) is 19.1 Å². The largest absolute Gasteiger partial charge is 0.461 e. The van der Waals surface area contributed by atoms with Crippen molar-refractivity contribution in [2.24, 2.45) is 0 Å². The summed E-state index contributed by atoms with van der Waals surface area (Å²) in [6.45, 7) is 4.95. The van der Waals surface area contributed by atoms with E-state index in [4.69, 9.17) is 4.74 Å². The molecule has 7 nitrogen and oxygen atoms in total. The molecule has 0 fully saturated rings. The van der Waals surface area contributed by atoms with Crippen molar-refractivity contribution in [3.63, 3.8) is 0 Å². The second-order valence-corrected chi connectivity index (χ2v) is 5.14. The average molecular weight is 341 g/mol. The minimum atomic E-state index is -0.540. The Hall–Kier alpha value is -3.35. The van der Waals surface area contributed by atoms with Crippen LogP contribution in [0.5, 0.6) is 0 Å². The zero-order valence-electron chi connectivity index (χ0n) is 13.8. The molecule has 0 saturated heterocycles. The molecule has 2 rings (SSSR count). The standard InChI is InChI=1S/C18H19N3O4/c1-3-17(23)25-11-10-19-18(24)21-16-9-5-6-13-14(16)7-4-8-15(13)20-12(2)22/h3-9H,1,10-11H2,2H3,(H,20,22)(H2,19,21,24). The lowest BCUT2D eigenvalue weighted by Crippen LogP contribution is -2.32. The van der Waals surface area contributed by atoms with Gasteiger partial charge in [0.2, 0.25) is 5.91 Å². The normalized spacial score (nSPS) is 9.96. The van der Waals surface area contributed by atoms with Crippen molar-refractivity contribution < 1.29 is 19.1 Å². The second kappa shape index (κ2) is 8.49. The Balaban J connectivity index is 2.05. The average Bonchev–Trinajstić information content (AvgIpc) is 2.59. The molecule has 2 aromatic carbocycles.